The maximum absolute atomic E-state index is 11.8. The summed E-state index contributed by atoms with van der Waals surface area (Å²) in [5.41, 5.74) is 0.426. The number of esters is 4. The van der Waals surface area contributed by atoms with E-state index in [-0.39, 0.29) is 19.0 Å². The van der Waals surface area contributed by atoms with Crippen LogP contribution in [0.25, 0.3) is 11.5 Å². The lowest BCUT2D eigenvalue weighted by Gasteiger charge is -2.43. The minimum atomic E-state index is -1.33. The number of rotatable bonds is 9. The fourth-order valence-corrected chi connectivity index (χ4v) is 3.41. The Hall–Kier alpha value is -3.71. The maximum Gasteiger partial charge on any atom is 0.303 e. The van der Waals surface area contributed by atoms with Crippen molar-refractivity contribution in [1.29, 1.82) is 0 Å². The second-order valence-corrected chi connectivity index (χ2v) is 7.53. The molecular formula is C22H25NO12. The smallest absolute Gasteiger partial charge is 0.303 e. The van der Waals surface area contributed by atoms with Crippen LogP contribution in [-0.4, -0.2) is 66.3 Å². The van der Waals surface area contributed by atoms with Gasteiger partial charge >= 0.3 is 23.9 Å². The molecule has 0 bridgehead atoms. The Kier molecular flexibility index (Phi) is 8.60. The summed E-state index contributed by atoms with van der Waals surface area (Å²) in [6, 6.07) is 4.96. The van der Waals surface area contributed by atoms with Crippen molar-refractivity contribution in [3.05, 3.63) is 30.2 Å². The number of hydrogen-bond donors (Lipinski definition) is 0. The van der Waals surface area contributed by atoms with Crippen molar-refractivity contribution in [1.82, 2.24) is 5.16 Å². The molecule has 3 heterocycles. The van der Waals surface area contributed by atoms with Crippen LogP contribution in [0, 0.1) is 0 Å². The van der Waals surface area contributed by atoms with Gasteiger partial charge in [0.25, 0.3) is 0 Å². The predicted octanol–water partition coefficient (Wildman–Crippen LogP) is 1.53. The summed E-state index contributed by atoms with van der Waals surface area (Å²) in [6.07, 6.45) is -4.88. The standard InChI is InChI=1S/C22H25NO12/c1-11(24)29-10-18-19(31-12(2)25)20(32-13(3)26)21(33-14(4)27)22(34-18)30-9-15-8-16(23-35-15)17-6-5-7-28-17/h5-8,18-22H,9-10H2,1-4H3/t18-,19+,20+,21-,22-/m1/s1. The van der Waals surface area contributed by atoms with Gasteiger partial charge in [0.2, 0.25) is 0 Å². The van der Waals surface area contributed by atoms with E-state index in [2.05, 4.69) is 5.16 Å². The Morgan fingerprint density at radius 1 is 0.914 bits per heavy atom. The highest BCUT2D eigenvalue weighted by Gasteiger charge is 2.52. The lowest BCUT2D eigenvalue weighted by molar-refractivity contribution is -0.311. The summed E-state index contributed by atoms with van der Waals surface area (Å²) in [4.78, 5) is 46.8. The number of carbonyl (C=O) groups excluding carboxylic acids is 4. The summed E-state index contributed by atoms with van der Waals surface area (Å²) < 4.78 is 43.1. The largest absolute Gasteiger partial charge is 0.463 e. The van der Waals surface area contributed by atoms with Crippen molar-refractivity contribution in [2.45, 2.75) is 65.0 Å². The zero-order chi connectivity index (χ0) is 25.5. The SMILES string of the molecule is CC(=O)OC[C@H]1O[C@@H](OCc2cc(-c3ccco3)no2)[C@H](OC(C)=O)[C@@H](OC(C)=O)[C@H]1OC(C)=O. The topological polar surface area (TPSA) is 163 Å². The van der Waals surface area contributed by atoms with E-state index in [1.807, 2.05) is 0 Å². The molecule has 1 saturated heterocycles. The lowest BCUT2D eigenvalue weighted by Crippen LogP contribution is -2.62. The summed E-state index contributed by atoms with van der Waals surface area (Å²) in [7, 11) is 0. The molecule has 0 spiro atoms. The average Bonchev–Trinajstić information content (AvgIpc) is 3.45. The molecule has 0 aliphatic carbocycles. The molecule has 1 fully saturated rings. The average molecular weight is 495 g/mol. The minimum absolute atomic E-state index is 0.193. The van der Waals surface area contributed by atoms with Crippen LogP contribution in [0.15, 0.2) is 33.4 Å². The van der Waals surface area contributed by atoms with Crippen LogP contribution in [0.5, 0.6) is 0 Å². The lowest BCUT2D eigenvalue weighted by atomic mass is 9.98. The maximum atomic E-state index is 11.8. The molecule has 1 aliphatic rings. The minimum Gasteiger partial charge on any atom is -0.463 e. The van der Waals surface area contributed by atoms with Crippen LogP contribution in [0.4, 0.5) is 0 Å². The quantitative estimate of drug-likeness (QED) is 0.364. The van der Waals surface area contributed by atoms with Gasteiger partial charge in [-0.25, -0.2) is 0 Å². The molecule has 5 atom stereocenters. The summed E-state index contributed by atoms with van der Waals surface area (Å²) in [5, 5.41) is 3.89. The molecular weight excluding hydrogens is 470 g/mol. The Morgan fingerprint density at radius 3 is 2.17 bits per heavy atom. The van der Waals surface area contributed by atoms with Crippen LogP contribution in [0.1, 0.15) is 33.5 Å². The van der Waals surface area contributed by atoms with Crippen molar-refractivity contribution in [3.8, 4) is 11.5 Å². The molecule has 0 aromatic carbocycles. The second kappa shape index (κ2) is 11.6. The van der Waals surface area contributed by atoms with Gasteiger partial charge in [0.05, 0.1) is 6.26 Å². The fourth-order valence-electron chi connectivity index (χ4n) is 3.41. The van der Waals surface area contributed by atoms with Crippen LogP contribution in [0.3, 0.4) is 0 Å². The van der Waals surface area contributed by atoms with Gasteiger partial charge in [-0.15, -0.1) is 0 Å². The molecule has 13 nitrogen and oxygen atoms in total. The monoisotopic (exact) mass is 495 g/mol. The molecule has 0 saturated carbocycles. The number of furan rings is 1. The normalized spacial score (nSPS) is 23.8. The van der Waals surface area contributed by atoms with Gasteiger partial charge in [-0.1, -0.05) is 5.16 Å². The molecule has 190 valence electrons. The van der Waals surface area contributed by atoms with E-state index in [0.717, 1.165) is 20.8 Å². The van der Waals surface area contributed by atoms with Crippen LogP contribution in [-0.2, 0) is 54.2 Å². The van der Waals surface area contributed by atoms with Gasteiger partial charge in [0.1, 0.15) is 25.0 Å². The Morgan fingerprint density at radius 2 is 1.57 bits per heavy atom. The summed E-state index contributed by atoms with van der Waals surface area (Å²) in [5.74, 6) is -2.06. The Balaban J connectivity index is 1.85. The van der Waals surface area contributed by atoms with Crippen molar-refractivity contribution < 1.29 is 56.5 Å². The number of carbonyl (C=O) groups is 4. The first kappa shape index (κ1) is 25.9. The first-order chi connectivity index (χ1) is 16.6. The third kappa shape index (κ3) is 7.13. The van der Waals surface area contributed by atoms with Gasteiger partial charge < -0.3 is 37.4 Å². The third-order valence-electron chi connectivity index (χ3n) is 4.67. The van der Waals surface area contributed by atoms with Gasteiger partial charge in [-0.05, 0) is 12.1 Å². The first-order valence-electron chi connectivity index (χ1n) is 10.6. The molecule has 2 aromatic rings. The highest BCUT2D eigenvalue weighted by Crippen LogP contribution is 2.31. The molecule has 35 heavy (non-hydrogen) atoms. The zero-order valence-corrected chi connectivity index (χ0v) is 19.5. The Bertz CT molecular complexity index is 1030. The molecule has 1 aliphatic heterocycles. The van der Waals surface area contributed by atoms with Gasteiger partial charge in [-0.2, -0.15) is 0 Å². The summed E-state index contributed by atoms with van der Waals surface area (Å²) in [6.45, 7) is 4.04. The van der Waals surface area contributed by atoms with Crippen molar-refractivity contribution in [2.75, 3.05) is 6.61 Å². The Labute approximate surface area is 199 Å². The highest BCUT2D eigenvalue weighted by molar-refractivity contribution is 5.68. The molecule has 13 heteroatoms. The highest BCUT2D eigenvalue weighted by atomic mass is 16.7. The molecule has 0 radical (unpaired) electrons. The van der Waals surface area contributed by atoms with E-state index in [9.17, 15) is 19.2 Å². The van der Waals surface area contributed by atoms with E-state index < -0.39 is 54.6 Å². The number of nitrogens with zero attached hydrogens (tertiary/aromatic N) is 1. The molecule has 3 rings (SSSR count). The zero-order valence-electron chi connectivity index (χ0n) is 19.5. The first-order valence-corrected chi connectivity index (χ1v) is 10.6. The van der Waals surface area contributed by atoms with E-state index in [0.29, 0.717) is 11.5 Å². The van der Waals surface area contributed by atoms with E-state index in [1.165, 1.54) is 13.2 Å². The van der Waals surface area contributed by atoms with Gasteiger partial charge in [0, 0.05) is 33.8 Å². The van der Waals surface area contributed by atoms with Crippen molar-refractivity contribution in [2.24, 2.45) is 0 Å². The van der Waals surface area contributed by atoms with E-state index in [4.69, 9.17) is 37.4 Å². The molecule has 0 N–H and O–H groups in total. The third-order valence-corrected chi connectivity index (χ3v) is 4.67. The number of ether oxygens (including phenoxy) is 6. The van der Waals surface area contributed by atoms with Crippen LogP contribution in [0.2, 0.25) is 0 Å². The van der Waals surface area contributed by atoms with Gasteiger partial charge in [0.15, 0.2) is 36.1 Å². The fraction of sp³-hybridized carbons (Fsp3) is 0.500. The van der Waals surface area contributed by atoms with Crippen molar-refractivity contribution >= 4 is 23.9 Å². The second-order valence-electron chi connectivity index (χ2n) is 7.53. The van der Waals surface area contributed by atoms with Crippen molar-refractivity contribution in [3.63, 3.8) is 0 Å². The summed E-state index contributed by atoms with van der Waals surface area (Å²) >= 11 is 0. The van der Waals surface area contributed by atoms with E-state index in [1.54, 1.807) is 18.2 Å². The van der Waals surface area contributed by atoms with Crippen LogP contribution < -0.4 is 0 Å². The molecule has 0 amide bonds. The van der Waals surface area contributed by atoms with Gasteiger partial charge in [-0.3, -0.25) is 19.2 Å². The predicted molar refractivity (Wildman–Crippen MR) is 111 cm³/mol. The molecule has 2 aromatic heterocycles. The van der Waals surface area contributed by atoms with Crippen LogP contribution >= 0.6 is 0 Å². The number of hydrogen-bond acceptors (Lipinski definition) is 13. The van der Waals surface area contributed by atoms with E-state index >= 15 is 0 Å². The molecule has 0 unspecified atom stereocenters. The number of aromatic nitrogens is 1.